The number of nitrogens with zero attached hydrogens (tertiary/aromatic N) is 1. The fraction of sp³-hybridized carbons (Fsp3) is 0.588. The van der Waals surface area contributed by atoms with Crippen LogP contribution < -0.4 is 5.32 Å². The summed E-state index contributed by atoms with van der Waals surface area (Å²) >= 11 is 0. The molecule has 0 aliphatic carbocycles. The summed E-state index contributed by atoms with van der Waals surface area (Å²) in [7, 11) is 0. The van der Waals surface area contributed by atoms with Crippen molar-refractivity contribution in [3.8, 4) is 0 Å². The van der Waals surface area contributed by atoms with Gasteiger partial charge in [0.15, 0.2) is 0 Å². The molecule has 0 saturated carbocycles. The first kappa shape index (κ1) is 15.0. The summed E-state index contributed by atoms with van der Waals surface area (Å²) in [5, 5.41) is 3.00. The van der Waals surface area contributed by atoms with E-state index in [1.807, 2.05) is 19.1 Å². The van der Waals surface area contributed by atoms with Crippen molar-refractivity contribution in [3.63, 3.8) is 0 Å². The molecule has 1 unspecified atom stereocenters. The van der Waals surface area contributed by atoms with E-state index in [-0.39, 0.29) is 11.9 Å². The molecule has 20 heavy (non-hydrogen) atoms. The van der Waals surface area contributed by atoms with Crippen LogP contribution in [-0.2, 0) is 6.54 Å². The van der Waals surface area contributed by atoms with Gasteiger partial charge in [0, 0.05) is 18.2 Å². The SMILES string of the molecule is CCC(C)NC(=O)c1ccc(CN2CCCCC2)cc1. The fourth-order valence-corrected chi connectivity index (χ4v) is 2.55. The van der Waals surface area contributed by atoms with Gasteiger partial charge < -0.3 is 5.32 Å². The molecule has 1 aromatic rings. The van der Waals surface area contributed by atoms with Gasteiger partial charge in [0.1, 0.15) is 0 Å². The number of nitrogens with one attached hydrogen (secondary N) is 1. The van der Waals surface area contributed by atoms with Crippen LogP contribution in [0.15, 0.2) is 24.3 Å². The number of likely N-dealkylation sites (tertiary alicyclic amines) is 1. The molecule has 1 aromatic carbocycles. The van der Waals surface area contributed by atoms with E-state index in [4.69, 9.17) is 0 Å². The van der Waals surface area contributed by atoms with E-state index >= 15 is 0 Å². The van der Waals surface area contributed by atoms with Crippen molar-refractivity contribution < 1.29 is 4.79 Å². The van der Waals surface area contributed by atoms with Crippen molar-refractivity contribution >= 4 is 5.91 Å². The standard InChI is InChI=1S/C17H26N2O/c1-3-14(2)18-17(20)16-9-7-15(8-10-16)13-19-11-5-4-6-12-19/h7-10,14H,3-6,11-13H2,1-2H3,(H,18,20). The molecule has 0 aromatic heterocycles. The van der Waals surface area contributed by atoms with E-state index in [9.17, 15) is 4.79 Å². The third-order valence-corrected chi connectivity index (χ3v) is 4.06. The average molecular weight is 274 g/mol. The lowest BCUT2D eigenvalue weighted by atomic mass is 10.1. The number of benzene rings is 1. The van der Waals surface area contributed by atoms with Crippen molar-refractivity contribution in [3.05, 3.63) is 35.4 Å². The third-order valence-electron chi connectivity index (χ3n) is 4.06. The fourth-order valence-electron chi connectivity index (χ4n) is 2.55. The number of rotatable bonds is 5. The Morgan fingerprint density at radius 2 is 1.85 bits per heavy atom. The second kappa shape index (κ2) is 7.44. The van der Waals surface area contributed by atoms with Gasteiger partial charge in [-0.2, -0.15) is 0 Å². The lowest BCUT2D eigenvalue weighted by molar-refractivity contribution is 0.0939. The van der Waals surface area contributed by atoms with Gasteiger partial charge in [0.25, 0.3) is 5.91 Å². The molecule has 1 saturated heterocycles. The van der Waals surface area contributed by atoms with Gasteiger partial charge in [0.2, 0.25) is 0 Å². The molecule has 1 heterocycles. The van der Waals surface area contributed by atoms with Gasteiger partial charge >= 0.3 is 0 Å². The summed E-state index contributed by atoms with van der Waals surface area (Å²) in [6.07, 6.45) is 4.95. The van der Waals surface area contributed by atoms with Crippen LogP contribution in [0.25, 0.3) is 0 Å². The zero-order valence-corrected chi connectivity index (χ0v) is 12.7. The van der Waals surface area contributed by atoms with Crippen molar-refractivity contribution in [1.29, 1.82) is 0 Å². The van der Waals surface area contributed by atoms with Gasteiger partial charge in [-0.25, -0.2) is 0 Å². The molecule has 1 aliphatic rings. The monoisotopic (exact) mass is 274 g/mol. The Bertz CT molecular complexity index is 421. The molecule has 3 nitrogen and oxygen atoms in total. The maximum atomic E-state index is 12.0. The highest BCUT2D eigenvalue weighted by Crippen LogP contribution is 2.13. The second-order valence-electron chi connectivity index (χ2n) is 5.82. The summed E-state index contributed by atoms with van der Waals surface area (Å²) in [5.41, 5.74) is 2.06. The highest BCUT2D eigenvalue weighted by Gasteiger charge is 2.11. The summed E-state index contributed by atoms with van der Waals surface area (Å²) in [5.74, 6) is 0.0314. The van der Waals surface area contributed by atoms with Gasteiger partial charge in [-0.3, -0.25) is 9.69 Å². The number of carbonyl (C=O) groups excluding carboxylic acids is 1. The average Bonchev–Trinajstić information content (AvgIpc) is 2.49. The second-order valence-corrected chi connectivity index (χ2v) is 5.82. The number of hydrogen-bond acceptors (Lipinski definition) is 2. The Balaban J connectivity index is 1.90. The molecule has 0 bridgehead atoms. The van der Waals surface area contributed by atoms with E-state index in [1.165, 1.54) is 37.9 Å². The largest absolute Gasteiger partial charge is 0.350 e. The Labute approximate surface area is 122 Å². The molecule has 1 atom stereocenters. The summed E-state index contributed by atoms with van der Waals surface area (Å²) in [6, 6.07) is 8.28. The Morgan fingerprint density at radius 3 is 2.45 bits per heavy atom. The minimum Gasteiger partial charge on any atom is -0.350 e. The van der Waals surface area contributed by atoms with Crippen LogP contribution in [0.2, 0.25) is 0 Å². The van der Waals surface area contributed by atoms with Crippen LogP contribution in [0.3, 0.4) is 0 Å². The molecule has 1 aliphatic heterocycles. The number of piperidine rings is 1. The van der Waals surface area contributed by atoms with Crippen LogP contribution in [0, 0.1) is 0 Å². The van der Waals surface area contributed by atoms with Gasteiger partial charge in [-0.05, 0) is 57.0 Å². The van der Waals surface area contributed by atoms with Crippen molar-refractivity contribution in [1.82, 2.24) is 10.2 Å². The van der Waals surface area contributed by atoms with Gasteiger partial charge in [-0.1, -0.05) is 25.5 Å². The van der Waals surface area contributed by atoms with Crippen LogP contribution in [0.1, 0.15) is 55.5 Å². The maximum Gasteiger partial charge on any atom is 0.251 e. The predicted molar refractivity (Wildman–Crippen MR) is 82.8 cm³/mol. The molecule has 0 spiro atoms. The van der Waals surface area contributed by atoms with E-state index in [0.29, 0.717) is 0 Å². The van der Waals surface area contributed by atoms with Gasteiger partial charge in [-0.15, -0.1) is 0 Å². The van der Waals surface area contributed by atoms with Crippen LogP contribution in [0.5, 0.6) is 0 Å². The first-order chi connectivity index (χ1) is 9.69. The molecule has 1 fully saturated rings. The summed E-state index contributed by atoms with van der Waals surface area (Å²) in [4.78, 5) is 14.5. The number of amides is 1. The Hall–Kier alpha value is -1.35. The molecule has 1 amide bonds. The van der Waals surface area contributed by atoms with Gasteiger partial charge in [0.05, 0.1) is 0 Å². The topological polar surface area (TPSA) is 32.3 Å². The van der Waals surface area contributed by atoms with Crippen LogP contribution in [0.4, 0.5) is 0 Å². The molecular weight excluding hydrogens is 248 g/mol. The molecule has 2 rings (SSSR count). The smallest absolute Gasteiger partial charge is 0.251 e. The third kappa shape index (κ3) is 4.34. The zero-order valence-electron chi connectivity index (χ0n) is 12.7. The van der Waals surface area contributed by atoms with E-state index in [2.05, 4.69) is 29.3 Å². The number of carbonyl (C=O) groups is 1. The van der Waals surface area contributed by atoms with Crippen molar-refractivity contribution in [2.45, 2.75) is 52.1 Å². The minimum absolute atomic E-state index is 0.0314. The first-order valence-electron chi connectivity index (χ1n) is 7.81. The highest BCUT2D eigenvalue weighted by atomic mass is 16.1. The summed E-state index contributed by atoms with van der Waals surface area (Å²) < 4.78 is 0. The zero-order chi connectivity index (χ0) is 14.4. The first-order valence-corrected chi connectivity index (χ1v) is 7.81. The molecule has 1 N–H and O–H groups in total. The van der Waals surface area contributed by atoms with Crippen LogP contribution >= 0.6 is 0 Å². The normalized spacial score (nSPS) is 17.7. The predicted octanol–water partition coefficient (Wildman–Crippen LogP) is 3.20. The maximum absolute atomic E-state index is 12.0. The van der Waals surface area contributed by atoms with E-state index in [1.54, 1.807) is 0 Å². The van der Waals surface area contributed by atoms with E-state index < -0.39 is 0 Å². The van der Waals surface area contributed by atoms with E-state index in [0.717, 1.165) is 18.5 Å². The minimum atomic E-state index is 0.0314. The quantitative estimate of drug-likeness (QED) is 0.894. The molecular formula is C17H26N2O. The molecule has 0 radical (unpaired) electrons. The summed E-state index contributed by atoms with van der Waals surface area (Å²) in [6.45, 7) is 7.52. The Morgan fingerprint density at radius 1 is 1.20 bits per heavy atom. The lowest BCUT2D eigenvalue weighted by Gasteiger charge is -2.26. The highest BCUT2D eigenvalue weighted by molar-refractivity contribution is 5.94. The van der Waals surface area contributed by atoms with Crippen molar-refractivity contribution in [2.75, 3.05) is 13.1 Å². The van der Waals surface area contributed by atoms with Crippen molar-refractivity contribution in [2.24, 2.45) is 0 Å². The lowest BCUT2D eigenvalue weighted by Crippen LogP contribution is -2.32. The van der Waals surface area contributed by atoms with Crippen LogP contribution in [-0.4, -0.2) is 29.9 Å². The number of hydrogen-bond donors (Lipinski definition) is 1. The molecule has 3 heteroatoms. The Kier molecular flexibility index (Phi) is 5.60. The molecule has 110 valence electrons.